The molecule has 0 fully saturated rings. The fraction of sp³-hybridized carbons (Fsp3) is 0.286. The van der Waals surface area contributed by atoms with Gasteiger partial charge >= 0.3 is 101 Å². The normalized spacial score (nSPS) is 20.4. The number of hydrogen-bond donors (Lipinski definition) is 0. The summed E-state index contributed by atoms with van der Waals surface area (Å²) >= 11 is 2.72. The van der Waals surface area contributed by atoms with Crippen molar-refractivity contribution in [2.45, 2.75) is 24.9 Å². The van der Waals surface area contributed by atoms with Gasteiger partial charge in [-0.1, -0.05) is 0 Å². The quantitative estimate of drug-likeness (QED) is 0.480. The summed E-state index contributed by atoms with van der Waals surface area (Å²) in [6.07, 6.45) is 6.80. The van der Waals surface area contributed by atoms with Gasteiger partial charge in [0.15, 0.2) is 0 Å². The Morgan fingerprint density at radius 2 is 1.50 bits per heavy atom. The molecular weight excluding hydrogens is 325 g/mol. The molecule has 0 spiro atoms. The predicted octanol–water partition coefficient (Wildman–Crippen LogP) is -5.01. The number of allylic oxidation sites excluding steroid dienone is 4. The molecule has 97 valence electrons. The Balaban J connectivity index is 0. The van der Waals surface area contributed by atoms with Gasteiger partial charge < -0.3 is 37.2 Å². The van der Waals surface area contributed by atoms with E-state index in [1.165, 1.54) is 22.3 Å². The molecule has 0 aliphatic heterocycles. The predicted molar refractivity (Wildman–Crippen MR) is 61.4 cm³/mol. The summed E-state index contributed by atoms with van der Waals surface area (Å²) in [5.41, 5.74) is 5.46. The molecule has 1 aliphatic rings. The van der Waals surface area contributed by atoms with E-state index >= 15 is 0 Å². The number of halogens is 3. The van der Waals surface area contributed by atoms with E-state index in [9.17, 15) is 0 Å². The Bertz CT molecular complexity index is 442. The molecule has 0 aromatic heterocycles. The molecule has 1 atom stereocenters. The van der Waals surface area contributed by atoms with Gasteiger partial charge in [0.1, 0.15) is 0 Å². The van der Waals surface area contributed by atoms with Crippen molar-refractivity contribution in [3.63, 3.8) is 0 Å². The molecule has 18 heavy (non-hydrogen) atoms. The molecule has 0 radical (unpaired) electrons. The van der Waals surface area contributed by atoms with Crippen molar-refractivity contribution in [1.29, 1.82) is 0 Å². The van der Waals surface area contributed by atoms with Crippen molar-refractivity contribution in [2.24, 2.45) is 0 Å². The Morgan fingerprint density at radius 1 is 1.00 bits per heavy atom. The van der Waals surface area contributed by atoms with Gasteiger partial charge in [-0.2, -0.15) is 0 Å². The molecule has 4 heteroatoms. The van der Waals surface area contributed by atoms with E-state index < -0.39 is 0 Å². The molecule has 0 bridgehead atoms. The smallest absolute Gasteiger partial charge is 1.00 e. The Morgan fingerprint density at radius 3 is 1.89 bits per heavy atom. The third-order valence-corrected chi connectivity index (χ3v) is 3.25. The SMILES string of the molecule is Cc1cccc(C)c1C1=C[C](C)([V+3])C=C1.[Cl-].[Cl-].[Cl-]. The average molecular weight is 341 g/mol. The number of hydrogen-bond acceptors (Lipinski definition) is 0. The van der Waals surface area contributed by atoms with E-state index in [2.05, 4.69) is 74.6 Å². The standard InChI is InChI=1S/C14H15.3ClH.V/c1-10-7-8-13(9-10)14-11(2)5-4-6-12(14)3;;;;/h4-9H,1-3H3;3*1H;/q;;;;+3/p-3. The van der Waals surface area contributed by atoms with Gasteiger partial charge in [0.2, 0.25) is 0 Å². The molecule has 0 nitrogen and oxygen atoms in total. The van der Waals surface area contributed by atoms with Crippen LogP contribution in [0.2, 0.25) is 4.13 Å². The van der Waals surface area contributed by atoms with E-state index in [0.717, 1.165) is 0 Å². The minimum absolute atomic E-state index is 0. The molecule has 0 saturated carbocycles. The molecule has 0 amide bonds. The number of benzene rings is 1. The van der Waals surface area contributed by atoms with Gasteiger partial charge in [-0.3, -0.25) is 0 Å². The minimum atomic E-state index is 0. The molecule has 1 aliphatic carbocycles. The fourth-order valence-corrected chi connectivity index (χ4v) is 2.43. The van der Waals surface area contributed by atoms with Crippen molar-refractivity contribution in [3.05, 3.63) is 53.1 Å². The molecule has 2 rings (SSSR count). The molecule has 0 heterocycles. The summed E-state index contributed by atoms with van der Waals surface area (Å²) in [5, 5.41) is 0. The maximum absolute atomic E-state index is 2.72. The molecule has 1 aromatic rings. The summed E-state index contributed by atoms with van der Waals surface area (Å²) < 4.78 is 0.150. The van der Waals surface area contributed by atoms with Crippen LogP contribution in [0.15, 0.2) is 36.4 Å². The van der Waals surface area contributed by atoms with Crippen LogP contribution in [0.5, 0.6) is 0 Å². The van der Waals surface area contributed by atoms with Crippen LogP contribution >= 0.6 is 0 Å². The molecular formula is C14H15Cl3V. The third-order valence-electron chi connectivity index (χ3n) is 2.82. The van der Waals surface area contributed by atoms with E-state index in [4.69, 9.17) is 0 Å². The topological polar surface area (TPSA) is 0 Å². The zero-order chi connectivity index (χ0) is 11.1. The van der Waals surface area contributed by atoms with Crippen molar-refractivity contribution in [1.82, 2.24) is 0 Å². The Hall–Kier alpha value is 0.154. The maximum atomic E-state index is 2.72. The average Bonchev–Trinajstić information content (AvgIpc) is 2.46. The molecule has 1 unspecified atom stereocenters. The van der Waals surface area contributed by atoms with Crippen LogP contribution in [0.1, 0.15) is 23.6 Å². The van der Waals surface area contributed by atoms with Crippen molar-refractivity contribution >= 4 is 5.57 Å². The first kappa shape index (κ1) is 20.5. The van der Waals surface area contributed by atoms with Crippen molar-refractivity contribution in [2.75, 3.05) is 0 Å². The van der Waals surface area contributed by atoms with E-state index in [1.807, 2.05) is 0 Å². The minimum Gasteiger partial charge on any atom is -1.00 e. The zero-order valence-corrected chi connectivity index (χ0v) is 14.2. The summed E-state index contributed by atoms with van der Waals surface area (Å²) in [7, 11) is 0. The van der Waals surface area contributed by atoms with E-state index in [-0.39, 0.29) is 41.3 Å². The van der Waals surface area contributed by atoms with Gasteiger partial charge in [-0.25, -0.2) is 0 Å². The molecule has 1 aromatic carbocycles. The second-order valence-electron chi connectivity index (χ2n) is 4.43. The Labute approximate surface area is 138 Å². The van der Waals surface area contributed by atoms with Crippen LogP contribution in [-0.4, -0.2) is 0 Å². The Kier molecular flexibility index (Phi) is 8.73. The number of rotatable bonds is 1. The van der Waals surface area contributed by atoms with Crippen LogP contribution in [0, 0.1) is 13.8 Å². The first-order valence-corrected chi connectivity index (χ1v) is 5.90. The molecule has 0 N–H and O–H groups in total. The van der Waals surface area contributed by atoms with Crippen LogP contribution < -0.4 is 37.2 Å². The first-order chi connectivity index (χ1) is 6.99. The summed E-state index contributed by atoms with van der Waals surface area (Å²) in [6.45, 7) is 6.57. The first-order valence-electron chi connectivity index (χ1n) is 5.21. The van der Waals surface area contributed by atoms with Gasteiger partial charge in [-0.15, -0.1) is 0 Å². The monoisotopic (exact) mass is 339 g/mol. The van der Waals surface area contributed by atoms with E-state index in [0.29, 0.717) is 0 Å². The third kappa shape index (κ3) is 4.36. The van der Waals surface area contributed by atoms with Gasteiger partial charge in [0, 0.05) is 0 Å². The summed E-state index contributed by atoms with van der Waals surface area (Å²) in [5.74, 6) is 0. The summed E-state index contributed by atoms with van der Waals surface area (Å²) in [4.78, 5) is 0. The maximum Gasteiger partial charge on any atom is -1.00 e. The van der Waals surface area contributed by atoms with Crippen LogP contribution in [-0.2, 0) is 17.4 Å². The van der Waals surface area contributed by atoms with Crippen molar-refractivity contribution < 1.29 is 54.6 Å². The van der Waals surface area contributed by atoms with Gasteiger partial charge in [-0.05, 0) is 0 Å². The second kappa shape index (κ2) is 7.67. The van der Waals surface area contributed by atoms with Crippen LogP contribution in [0.4, 0.5) is 0 Å². The van der Waals surface area contributed by atoms with Crippen LogP contribution in [0.25, 0.3) is 5.57 Å². The van der Waals surface area contributed by atoms with E-state index in [1.54, 1.807) is 0 Å². The second-order valence-corrected chi connectivity index (χ2v) is 5.93. The molecule has 0 saturated heterocycles. The largest absolute Gasteiger partial charge is 1.00 e. The van der Waals surface area contributed by atoms with Crippen molar-refractivity contribution in [3.8, 4) is 0 Å². The van der Waals surface area contributed by atoms with Gasteiger partial charge in [0.25, 0.3) is 0 Å². The zero-order valence-electron chi connectivity index (χ0n) is 10.5. The fourth-order valence-electron chi connectivity index (χ4n) is 2.09. The van der Waals surface area contributed by atoms with Crippen LogP contribution in [0.3, 0.4) is 0 Å². The summed E-state index contributed by atoms with van der Waals surface area (Å²) in [6, 6.07) is 6.48. The number of aryl methyl sites for hydroxylation is 2. The van der Waals surface area contributed by atoms with Gasteiger partial charge in [0.05, 0.1) is 0 Å².